The maximum Gasteiger partial charge on any atom is 0.184 e. The highest BCUT2D eigenvalue weighted by molar-refractivity contribution is 7.18. The first-order valence-corrected chi connectivity index (χ1v) is 4.82. The molecule has 0 aliphatic rings. The molecule has 2 aromatic rings. The second kappa shape index (κ2) is 3.44. The smallest absolute Gasteiger partial charge is 0.184 e. The van der Waals surface area contributed by atoms with Crippen LogP contribution in [0.15, 0.2) is 30.5 Å². The number of halogens is 2. The second-order valence-corrected chi connectivity index (χ2v) is 4.10. The minimum absolute atomic E-state index is 0.237. The molecule has 0 spiro atoms. The third-order valence-electron chi connectivity index (χ3n) is 1.61. The Morgan fingerprint density at radius 3 is 2.46 bits per heavy atom. The zero-order valence-corrected chi connectivity index (χ0v) is 8.07. The molecule has 0 bridgehead atoms. The van der Waals surface area contributed by atoms with E-state index in [-0.39, 0.29) is 5.82 Å². The van der Waals surface area contributed by atoms with Crippen LogP contribution in [0.2, 0.25) is 4.47 Å². The van der Waals surface area contributed by atoms with Crippen molar-refractivity contribution in [3.63, 3.8) is 0 Å². The number of benzene rings is 1. The van der Waals surface area contributed by atoms with Gasteiger partial charge in [0, 0.05) is 6.20 Å². The summed E-state index contributed by atoms with van der Waals surface area (Å²) >= 11 is 7.05. The Balaban J connectivity index is 2.41. The SMILES string of the molecule is Fc1ccc(-c2cnc(Cl)s2)cc1. The maximum absolute atomic E-state index is 12.6. The molecule has 66 valence electrons. The summed E-state index contributed by atoms with van der Waals surface area (Å²) in [4.78, 5) is 4.85. The third kappa shape index (κ3) is 1.87. The summed E-state index contributed by atoms with van der Waals surface area (Å²) < 4.78 is 13.1. The van der Waals surface area contributed by atoms with Crippen LogP contribution in [0.1, 0.15) is 0 Å². The van der Waals surface area contributed by atoms with Gasteiger partial charge in [-0.05, 0) is 17.7 Å². The second-order valence-electron chi connectivity index (χ2n) is 2.48. The van der Waals surface area contributed by atoms with Crippen LogP contribution in [-0.4, -0.2) is 4.98 Å². The molecule has 0 N–H and O–H groups in total. The van der Waals surface area contributed by atoms with Crippen molar-refractivity contribution in [2.24, 2.45) is 0 Å². The number of hydrogen-bond donors (Lipinski definition) is 0. The van der Waals surface area contributed by atoms with Crippen molar-refractivity contribution in [2.75, 3.05) is 0 Å². The van der Waals surface area contributed by atoms with Crippen molar-refractivity contribution in [3.05, 3.63) is 40.7 Å². The monoisotopic (exact) mass is 213 g/mol. The molecule has 0 saturated heterocycles. The first-order chi connectivity index (χ1) is 6.25. The Morgan fingerprint density at radius 1 is 1.23 bits per heavy atom. The zero-order chi connectivity index (χ0) is 9.26. The quantitative estimate of drug-likeness (QED) is 0.705. The average molecular weight is 214 g/mol. The van der Waals surface area contributed by atoms with E-state index in [9.17, 15) is 4.39 Å². The number of hydrogen-bond acceptors (Lipinski definition) is 2. The normalized spacial score (nSPS) is 10.3. The topological polar surface area (TPSA) is 12.9 Å². The Hall–Kier alpha value is -0.930. The highest BCUT2D eigenvalue weighted by Gasteiger charge is 2.01. The summed E-state index contributed by atoms with van der Waals surface area (Å²) in [5.74, 6) is -0.237. The molecule has 1 nitrogen and oxygen atoms in total. The predicted octanol–water partition coefficient (Wildman–Crippen LogP) is 3.60. The fraction of sp³-hybridized carbons (Fsp3) is 0. The van der Waals surface area contributed by atoms with E-state index in [1.165, 1.54) is 23.5 Å². The van der Waals surface area contributed by atoms with Gasteiger partial charge in [0.25, 0.3) is 0 Å². The summed E-state index contributed by atoms with van der Waals surface area (Å²) in [7, 11) is 0. The highest BCUT2D eigenvalue weighted by atomic mass is 35.5. The summed E-state index contributed by atoms with van der Waals surface area (Å²) in [6.07, 6.45) is 1.68. The van der Waals surface area contributed by atoms with Crippen LogP contribution in [-0.2, 0) is 0 Å². The van der Waals surface area contributed by atoms with Crippen molar-refractivity contribution in [1.82, 2.24) is 4.98 Å². The molecule has 0 atom stereocenters. The minimum atomic E-state index is -0.237. The molecule has 4 heteroatoms. The van der Waals surface area contributed by atoms with Gasteiger partial charge in [0.05, 0.1) is 4.88 Å². The largest absolute Gasteiger partial charge is 0.233 e. The van der Waals surface area contributed by atoms with Crippen LogP contribution >= 0.6 is 22.9 Å². The number of thiazole rings is 1. The molecular formula is C9H5ClFNS. The van der Waals surface area contributed by atoms with E-state index in [0.717, 1.165) is 10.4 Å². The highest BCUT2D eigenvalue weighted by Crippen LogP contribution is 2.28. The Labute approximate surface area is 83.8 Å². The van der Waals surface area contributed by atoms with E-state index in [2.05, 4.69) is 4.98 Å². The first kappa shape index (κ1) is 8.66. The molecule has 1 aromatic heterocycles. The van der Waals surface area contributed by atoms with E-state index < -0.39 is 0 Å². The minimum Gasteiger partial charge on any atom is -0.233 e. The standard InChI is InChI=1S/C9H5ClFNS/c10-9-12-5-8(13-9)6-1-3-7(11)4-2-6/h1-5H. The molecule has 0 saturated carbocycles. The number of aromatic nitrogens is 1. The van der Waals surface area contributed by atoms with Crippen LogP contribution in [0.25, 0.3) is 10.4 Å². The van der Waals surface area contributed by atoms with E-state index in [4.69, 9.17) is 11.6 Å². The van der Waals surface area contributed by atoms with Crippen molar-refractivity contribution in [3.8, 4) is 10.4 Å². The van der Waals surface area contributed by atoms with Gasteiger partial charge in [-0.3, -0.25) is 0 Å². The van der Waals surface area contributed by atoms with Gasteiger partial charge in [0.2, 0.25) is 0 Å². The van der Waals surface area contributed by atoms with Crippen LogP contribution in [0.4, 0.5) is 4.39 Å². The third-order valence-corrected chi connectivity index (χ3v) is 2.77. The van der Waals surface area contributed by atoms with Gasteiger partial charge in [-0.2, -0.15) is 0 Å². The molecule has 0 aliphatic carbocycles. The lowest BCUT2D eigenvalue weighted by molar-refractivity contribution is 0.628. The van der Waals surface area contributed by atoms with Gasteiger partial charge in [0.15, 0.2) is 4.47 Å². The zero-order valence-electron chi connectivity index (χ0n) is 6.50. The van der Waals surface area contributed by atoms with E-state index >= 15 is 0 Å². The van der Waals surface area contributed by atoms with Crippen molar-refractivity contribution in [1.29, 1.82) is 0 Å². The molecular weight excluding hydrogens is 209 g/mol. The van der Waals surface area contributed by atoms with E-state index in [0.29, 0.717) is 4.47 Å². The average Bonchev–Trinajstić information content (AvgIpc) is 2.53. The molecule has 0 fully saturated rings. The lowest BCUT2D eigenvalue weighted by Crippen LogP contribution is -1.73. The van der Waals surface area contributed by atoms with Gasteiger partial charge in [0.1, 0.15) is 5.82 Å². The molecule has 1 aromatic carbocycles. The van der Waals surface area contributed by atoms with Gasteiger partial charge < -0.3 is 0 Å². The molecule has 0 aliphatic heterocycles. The Kier molecular flexibility index (Phi) is 2.29. The summed E-state index contributed by atoms with van der Waals surface area (Å²) in [6.45, 7) is 0. The fourth-order valence-corrected chi connectivity index (χ4v) is 1.94. The van der Waals surface area contributed by atoms with Crippen LogP contribution in [0.5, 0.6) is 0 Å². The molecule has 13 heavy (non-hydrogen) atoms. The summed E-state index contributed by atoms with van der Waals surface area (Å²) in [5.41, 5.74) is 0.936. The van der Waals surface area contributed by atoms with E-state index in [1.807, 2.05) is 0 Å². The van der Waals surface area contributed by atoms with Gasteiger partial charge >= 0.3 is 0 Å². The van der Waals surface area contributed by atoms with Gasteiger partial charge in [-0.15, -0.1) is 11.3 Å². The lowest BCUT2D eigenvalue weighted by Gasteiger charge is -1.94. The number of rotatable bonds is 1. The predicted molar refractivity (Wildman–Crippen MR) is 52.5 cm³/mol. The molecule has 0 amide bonds. The van der Waals surface area contributed by atoms with E-state index in [1.54, 1.807) is 18.3 Å². The Bertz CT molecular complexity index is 410. The molecule has 2 rings (SSSR count). The molecule has 0 unspecified atom stereocenters. The van der Waals surface area contributed by atoms with Crippen LogP contribution in [0, 0.1) is 5.82 Å². The van der Waals surface area contributed by atoms with Crippen molar-refractivity contribution >= 4 is 22.9 Å². The lowest BCUT2D eigenvalue weighted by atomic mass is 10.2. The van der Waals surface area contributed by atoms with Crippen LogP contribution in [0.3, 0.4) is 0 Å². The maximum atomic E-state index is 12.6. The van der Waals surface area contributed by atoms with Crippen molar-refractivity contribution in [2.45, 2.75) is 0 Å². The number of nitrogens with zero attached hydrogens (tertiary/aromatic N) is 1. The summed E-state index contributed by atoms with van der Waals surface area (Å²) in [6, 6.07) is 6.25. The molecule has 1 heterocycles. The first-order valence-electron chi connectivity index (χ1n) is 3.63. The summed E-state index contributed by atoms with van der Waals surface area (Å²) in [5, 5.41) is 0. The van der Waals surface area contributed by atoms with Gasteiger partial charge in [-0.25, -0.2) is 9.37 Å². The van der Waals surface area contributed by atoms with Crippen molar-refractivity contribution < 1.29 is 4.39 Å². The van der Waals surface area contributed by atoms with Crippen LogP contribution < -0.4 is 0 Å². The Morgan fingerprint density at radius 2 is 1.92 bits per heavy atom. The van der Waals surface area contributed by atoms with Gasteiger partial charge in [-0.1, -0.05) is 23.7 Å². The molecule has 0 radical (unpaired) electrons. The fourth-order valence-electron chi connectivity index (χ4n) is 1.00.